The molecule has 0 amide bonds. The molecule has 1 aromatic carbocycles. The number of halogens is 1. The van der Waals surface area contributed by atoms with Crippen molar-refractivity contribution >= 4 is 27.7 Å². The number of hydrogen-bond donors (Lipinski definition) is 2. The van der Waals surface area contributed by atoms with Crippen molar-refractivity contribution in [3.63, 3.8) is 0 Å². The fourth-order valence-electron chi connectivity index (χ4n) is 2.62. The third-order valence-corrected chi connectivity index (χ3v) is 5.39. The van der Waals surface area contributed by atoms with Crippen LogP contribution in [-0.2, 0) is 0 Å². The normalized spacial score (nSPS) is 23.2. The number of rotatable bonds is 8. The molecule has 3 unspecified atom stereocenters. The molecule has 3 atom stereocenters. The Kier molecular flexibility index (Phi) is 7.37. The van der Waals surface area contributed by atoms with Gasteiger partial charge in [0, 0.05) is 22.3 Å². The summed E-state index contributed by atoms with van der Waals surface area (Å²) in [6.45, 7) is 3.14. The number of ether oxygens (including phenoxy) is 1. The summed E-state index contributed by atoms with van der Waals surface area (Å²) < 4.78 is 6.58. The maximum Gasteiger partial charge on any atom is 0.120 e. The largest absolute Gasteiger partial charge is 0.491 e. The minimum atomic E-state index is -0.471. The topological polar surface area (TPSA) is 41.5 Å². The SMILES string of the molecule is CCSC1CCC(NCC(O)COc2cccc(Br)c2)C1. The van der Waals surface area contributed by atoms with E-state index in [0.717, 1.165) is 15.5 Å². The molecule has 1 fully saturated rings. The van der Waals surface area contributed by atoms with Gasteiger partial charge in [-0.15, -0.1) is 0 Å². The Balaban J connectivity index is 1.63. The summed E-state index contributed by atoms with van der Waals surface area (Å²) in [5.74, 6) is 1.98. The second-order valence-corrected chi connectivity index (χ2v) is 7.91. The molecule has 3 nitrogen and oxygen atoms in total. The summed E-state index contributed by atoms with van der Waals surface area (Å²) in [6, 6.07) is 8.23. The number of thioether (sulfide) groups is 1. The van der Waals surface area contributed by atoms with Crippen LogP contribution < -0.4 is 10.1 Å². The Labute approximate surface area is 140 Å². The summed E-state index contributed by atoms with van der Waals surface area (Å²) in [5.41, 5.74) is 0. The zero-order valence-corrected chi connectivity index (χ0v) is 14.8. The first-order valence-corrected chi connectivity index (χ1v) is 9.43. The Morgan fingerprint density at radius 2 is 2.33 bits per heavy atom. The smallest absolute Gasteiger partial charge is 0.120 e. The first-order chi connectivity index (χ1) is 10.2. The number of nitrogens with one attached hydrogen (secondary N) is 1. The van der Waals surface area contributed by atoms with Gasteiger partial charge in [-0.2, -0.15) is 11.8 Å². The Hall–Kier alpha value is -0.230. The van der Waals surface area contributed by atoms with Crippen LogP contribution >= 0.6 is 27.7 Å². The van der Waals surface area contributed by atoms with Crippen molar-refractivity contribution in [1.29, 1.82) is 0 Å². The first kappa shape index (κ1) is 17.1. The predicted molar refractivity (Wildman–Crippen MR) is 93.2 cm³/mol. The van der Waals surface area contributed by atoms with E-state index in [1.807, 2.05) is 24.3 Å². The molecule has 0 aliphatic heterocycles. The van der Waals surface area contributed by atoms with E-state index in [1.165, 1.54) is 25.0 Å². The Morgan fingerprint density at radius 1 is 1.48 bits per heavy atom. The van der Waals surface area contributed by atoms with Crippen LogP contribution in [-0.4, -0.2) is 41.4 Å². The van der Waals surface area contributed by atoms with Crippen molar-refractivity contribution in [1.82, 2.24) is 5.32 Å². The lowest BCUT2D eigenvalue weighted by atomic mass is 10.2. The maximum absolute atomic E-state index is 10.0. The molecular formula is C16H24BrNO2S. The molecular weight excluding hydrogens is 350 g/mol. The van der Waals surface area contributed by atoms with E-state index in [2.05, 4.69) is 39.9 Å². The van der Waals surface area contributed by atoms with Crippen LogP contribution in [0.4, 0.5) is 0 Å². The minimum Gasteiger partial charge on any atom is -0.491 e. The standard InChI is InChI=1S/C16H24BrNO2S/c1-2-21-16-7-6-13(9-16)18-10-14(19)11-20-15-5-3-4-12(17)8-15/h3-5,8,13-14,16,18-19H,2,6-7,9-11H2,1H3. The van der Waals surface area contributed by atoms with Crippen LogP contribution in [0.15, 0.2) is 28.7 Å². The summed E-state index contributed by atoms with van der Waals surface area (Å²) in [7, 11) is 0. The molecule has 2 N–H and O–H groups in total. The number of hydrogen-bond acceptors (Lipinski definition) is 4. The van der Waals surface area contributed by atoms with Gasteiger partial charge in [0.1, 0.15) is 18.5 Å². The highest BCUT2D eigenvalue weighted by molar-refractivity contribution is 9.10. The molecule has 1 aromatic rings. The van der Waals surface area contributed by atoms with Gasteiger partial charge in [0.25, 0.3) is 0 Å². The van der Waals surface area contributed by atoms with E-state index in [-0.39, 0.29) is 0 Å². The summed E-state index contributed by atoms with van der Waals surface area (Å²) in [4.78, 5) is 0. The summed E-state index contributed by atoms with van der Waals surface area (Å²) >= 11 is 5.46. The van der Waals surface area contributed by atoms with Crippen LogP contribution in [0.2, 0.25) is 0 Å². The van der Waals surface area contributed by atoms with Gasteiger partial charge in [0.2, 0.25) is 0 Å². The third-order valence-electron chi connectivity index (χ3n) is 3.67. The molecule has 0 saturated heterocycles. The van der Waals surface area contributed by atoms with Crippen LogP contribution in [0, 0.1) is 0 Å². The van der Waals surface area contributed by atoms with Gasteiger partial charge in [-0.25, -0.2) is 0 Å². The first-order valence-electron chi connectivity index (χ1n) is 7.58. The molecule has 0 spiro atoms. The highest BCUT2D eigenvalue weighted by atomic mass is 79.9. The fraction of sp³-hybridized carbons (Fsp3) is 0.625. The van der Waals surface area contributed by atoms with Gasteiger partial charge in [-0.1, -0.05) is 28.9 Å². The molecule has 1 aliphatic rings. The number of aliphatic hydroxyl groups is 1. The highest BCUT2D eigenvalue weighted by Crippen LogP contribution is 2.29. The van der Waals surface area contributed by atoms with Gasteiger partial charge >= 0.3 is 0 Å². The van der Waals surface area contributed by atoms with E-state index in [9.17, 15) is 5.11 Å². The molecule has 21 heavy (non-hydrogen) atoms. The Bertz CT molecular complexity index is 432. The fourth-order valence-corrected chi connectivity index (χ4v) is 4.14. The van der Waals surface area contributed by atoms with Crippen molar-refractivity contribution in [2.45, 2.75) is 43.6 Å². The average Bonchev–Trinajstić information content (AvgIpc) is 2.91. The lowest BCUT2D eigenvalue weighted by Gasteiger charge is -2.17. The van der Waals surface area contributed by atoms with Gasteiger partial charge in [-0.3, -0.25) is 0 Å². The maximum atomic E-state index is 10.0. The molecule has 5 heteroatoms. The molecule has 1 aliphatic carbocycles. The highest BCUT2D eigenvalue weighted by Gasteiger charge is 2.24. The lowest BCUT2D eigenvalue weighted by molar-refractivity contribution is 0.104. The van der Waals surface area contributed by atoms with Crippen molar-refractivity contribution in [2.24, 2.45) is 0 Å². The third kappa shape index (κ3) is 6.19. The van der Waals surface area contributed by atoms with E-state index < -0.39 is 6.10 Å². The molecule has 0 bridgehead atoms. The molecule has 0 radical (unpaired) electrons. The number of benzene rings is 1. The van der Waals surface area contributed by atoms with Crippen LogP contribution in [0.1, 0.15) is 26.2 Å². The second kappa shape index (κ2) is 9.03. The van der Waals surface area contributed by atoms with Gasteiger partial charge < -0.3 is 15.2 Å². The number of aliphatic hydroxyl groups excluding tert-OH is 1. The second-order valence-electron chi connectivity index (χ2n) is 5.42. The molecule has 0 aromatic heterocycles. The van der Waals surface area contributed by atoms with E-state index in [4.69, 9.17) is 4.74 Å². The molecule has 0 heterocycles. The van der Waals surface area contributed by atoms with Gasteiger partial charge in [0.15, 0.2) is 0 Å². The van der Waals surface area contributed by atoms with Crippen molar-refractivity contribution < 1.29 is 9.84 Å². The zero-order chi connectivity index (χ0) is 15.1. The monoisotopic (exact) mass is 373 g/mol. The van der Waals surface area contributed by atoms with E-state index in [0.29, 0.717) is 19.2 Å². The van der Waals surface area contributed by atoms with Crippen LogP contribution in [0.25, 0.3) is 0 Å². The minimum absolute atomic E-state index is 0.323. The van der Waals surface area contributed by atoms with Gasteiger partial charge in [-0.05, 0) is 43.2 Å². The molecule has 1 saturated carbocycles. The predicted octanol–water partition coefficient (Wildman–Crippen LogP) is 3.45. The summed E-state index contributed by atoms with van der Waals surface area (Å²) in [6.07, 6.45) is 3.26. The molecule has 2 rings (SSSR count). The lowest BCUT2D eigenvalue weighted by Crippen LogP contribution is -2.37. The average molecular weight is 374 g/mol. The van der Waals surface area contributed by atoms with Crippen molar-refractivity contribution in [3.05, 3.63) is 28.7 Å². The van der Waals surface area contributed by atoms with Crippen LogP contribution in [0.3, 0.4) is 0 Å². The van der Waals surface area contributed by atoms with E-state index >= 15 is 0 Å². The Morgan fingerprint density at radius 3 is 3.10 bits per heavy atom. The van der Waals surface area contributed by atoms with Crippen molar-refractivity contribution in [2.75, 3.05) is 18.9 Å². The van der Waals surface area contributed by atoms with Gasteiger partial charge in [0.05, 0.1) is 0 Å². The molecule has 118 valence electrons. The zero-order valence-electron chi connectivity index (χ0n) is 12.4. The summed E-state index contributed by atoms with van der Waals surface area (Å²) in [5, 5.41) is 14.3. The van der Waals surface area contributed by atoms with E-state index in [1.54, 1.807) is 0 Å². The van der Waals surface area contributed by atoms with Crippen molar-refractivity contribution in [3.8, 4) is 5.75 Å². The van der Waals surface area contributed by atoms with Crippen LogP contribution in [0.5, 0.6) is 5.75 Å². The quantitative estimate of drug-likeness (QED) is 0.731.